The lowest BCUT2D eigenvalue weighted by molar-refractivity contribution is -0.0479. The van der Waals surface area contributed by atoms with E-state index in [1.807, 2.05) is 20.8 Å². The molecular weight excluding hydrogens is 154 g/mol. The lowest BCUT2D eigenvalue weighted by Gasteiger charge is -2.18. The third-order valence-corrected chi connectivity index (χ3v) is 1.28. The van der Waals surface area contributed by atoms with Crippen LogP contribution >= 0.6 is 0 Å². The molecule has 12 heavy (non-hydrogen) atoms. The standard InChI is InChI=1S/C8H15N3O/c1-8(2,3)12-6-11-5-7(9)4-10-11/h4-5H,6,9H2,1-3H3. The summed E-state index contributed by atoms with van der Waals surface area (Å²) in [6, 6.07) is 0. The van der Waals surface area contributed by atoms with Crippen molar-refractivity contribution in [2.75, 3.05) is 5.73 Å². The van der Waals surface area contributed by atoms with Crippen LogP contribution in [0.15, 0.2) is 12.4 Å². The fourth-order valence-electron chi connectivity index (χ4n) is 0.710. The SMILES string of the molecule is CC(C)(C)OCn1cc(N)cn1. The molecule has 0 saturated carbocycles. The number of nitrogen functional groups attached to an aromatic ring is 1. The summed E-state index contributed by atoms with van der Waals surface area (Å²) in [5.74, 6) is 0. The third-order valence-electron chi connectivity index (χ3n) is 1.28. The Labute approximate surface area is 72.3 Å². The normalized spacial score (nSPS) is 11.9. The molecule has 0 spiro atoms. The van der Waals surface area contributed by atoms with Crippen LogP contribution in [0, 0.1) is 0 Å². The molecule has 4 nitrogen and oxygen atoms in total. The summed E-state index contributed by atoms with van der Waals surface area (Å²) < 4.78 is 7.14. The van der Waals surface area contributed by atoms with Gasteiger partial charge in [0.1, 0.15) is 6.73 Å². The van der Waals surface area contributed by atoms with E-state index in [4.69, 9.17) is 10.5 Å². The van der Waals surface area contributed by atoms with E-state index < -0.39 is 0 Å². The van der Waals surface area contributed by atoms with Crippen molar-refractivity contribution in [3.8, 4) is 0 Å². The Kier molecular flexibility index (Phi) is 2.38. The van der Waals surface area contributed by atoms with E-state index in [0.29, 0.717) is 12.4 Å². The highest BCUT2D eigenvalue weighted by molar-refractivity contribution is 5.30. The molecule has 0 unspecified atom stereocenters. The molecule has 0 atom stereocenters. The average Bonchev–Trinajstić information content (AvgIpc) is 2.30. The van der Waals surface area contributed by atoms with E-state index in [-0.39, 0.29) is 5.60 Å². The molecule has 1 heterocycles. The maximum atomic E-state index is 5.48. The molecule has 0 aliphatic rings. The van der Waals surface area contributed by atoms with E-state index in [0.717, 1.165) is 0 Å². The van der Waals surface area contributed by atoms with Gasteiger partial charge in [-0.3, -0.25) is 0 Å². The van der Waals surface area contributed by atoms with Gasteiger partial charge >= 0.3 is 0 Å². The summed E-state index contributed by atoms with van der Waals surface area (Å²) in [6.45, 7) is 6.44. The van der Waals surface area contributed by atoms with Gasteiger partial charge in [-0.2, -0.15) is 5.10 Å². The summed E-state index contributed by atoms with van der Waals surface area (Å²) >= 11 is 0. The smallest absolute Gasteiger partial charge is 0.140 e. The zero-order valence-corrected chi connectivity index (χ0v) is 7.74. The van der Waals surface area contributed by atoms with Crippen molar-refractivity contribution in [1.29, 1.82) is 0 Å². The Morgan fingerprint density at radius 3 is 2.67 bits per heavy atom. The van der Waals surface area contributed by atoms with Crippen LogP contribution in [0.25, 0.3) is 0 Å². The second-order valence-corrected chi connectivity index (χ2v) is 3.70. The van der Waals surface area contributed by atoms with Crippen molar-refractivity contribution in [1.82, 2.24) is 9.78 Å². The fraction of sp³-hybridized carbons (Fsp3) is 0.625. The highest BCUT2D eigenvalue weighted by Crippen LogP contribution is 2.08. The van der Waals surface area contributed by atoms with Crippen molar-refractivity contribution in [3.05, 3.63) is 12.4 Å². The molecule has 68 valence electrons. The minimum atomic E-state index is -0.138. The van der Waals surface area contributed by atoms with Crippen molar-refractivity contribution >= 4 is 5.69 Å². The van der Waals surface area contributed by atoms with Gasteiger partial charge in [0.2, 0.25) is 0 Å². The van der Waals surface area contributed by atoms with Gasteiger partial charge in [0, 0.05) is 0 Å². The van der Waals surface area contributed by atoms with Gasteiger partial charge in [0.25, 0.3) is 0 Å². The third kappa shape index (κ3) is 2.92. The molecule has 0 amide bonds. The van der Waals surface area contributed by atoms with Crippen LogP contribution in [0.4, 0.5) is 5.69 Å². The maximum Gasteiger partial charge on any atom is 0.140 e. The number of anilines is 1. The second-order valence-electron chi connectivity index (χ2n) is 3.70. The van der Waals surface area contributed by atoms with Crippen LogP contribution in [-0.4, -0.2) is 15.4 Å². The van der Waals surface area contributed by atoms with Gasteiger partial charge < -0.3 is 10.5 Å². The number of nitrogens with two attached hydrogens (primary N) is 1. The quantitative estimate of drug-likeness (QED) is 0.724. The minimum absolute atomic E-state index is 0.138. The van der Waals surface area contributed by atoms with Gasteiger partial charge in [-0.15, -0.1) is 0 Å². The Bertz CT molecular complexity index is 249. The molecule has 1 rings (SSSR count). The molecule has 0 aliphatic heterocycles. The van der Waals surface area contributed by atoms with Crippen LogP contribution in [-0.2, 0) is 11.5 Å². The predicted molar refractivity (Wildman–Crippen MR) is 47.5 cm³/mol. The van der Waals surface area contributed by atoms with Gasteiger partial charge in [-0.05, 0) is 20.8 Å². The molecule has 4 heteroatoms. The van der Waals surface area contributed by atoms with Crippen LogP contribution < -0.4 is 5.73 Å². The van der Waals surface area contributed by atoms with Crippen LogP contribution in [0.2, 0.25) is 0 Å². The Morgan fingerprint density at radius 1 is 1.58 bits per heavy atom. The van der Waals surface area contributed by atoms with E-state index in [1.165, 1.54) is 0 Å². The summed E-state index contributed by atoms with van der Waals surface area (Å²) in [4.78, 5) is 0. The predicted octanol–water partition coefficient (Wildman–Crippen LogP) is 1.24. The molecule has 0 bridgehead atoms. The monoisotopic (exact) mass is 169 g/mol. The number of hydrogen-bond acceptors (Lipinski definition) is 3. The van der Waals surface area contributed by atoms with Gasteiger partial charge in [-0.1, -0.05) is 0 Å². The molecule has 1 aromatic rings. The van der Waals surface area contributed by atoms with E-state index in [2.05, 4.69) is 5.10 Å². The maximum absolute atomic E-state index is 5.48. The largest absolute Gasteiger partial charge is 0.396 e. The summed E-state index contributed by atoms with van der Waals surface area (Å²) in [7, 11) is 0. The van der Waals surface area contributed by atoms with Gasteiger partial charge in [-0.25, -0.2) is 4.68 Å². The minimum Gasteiger partial charge on any atom is -0.396 e. The first-order valence-corrected chi connectivity index (χ1v) is 3.89. The number of rotatable bonds is 2. The van der Waals surface area contributed by atoms with E-state index >= 15 is 0 Å². The van der Waals surface area contributed by atoms with Crippen molar-refractivity contribution in [3.63, 3.8) is 0 Å². The summed E-state index contributed by atoms with van der Waals surface area (Å²) in [6.07, 6.45) is 3.34. The lowest BCUT2D eigenvalue weighted by atomic mass is 10.2. The number of aromatic nitrogens is 2. The summed E-state index contributed by atoms with van der Waals surface area (Å²) in [5, 5.41) is 3.99. The fourth-order valence-corrected chi connectivity index (χ4v) is 0.710. The van der Waals surface area contributed by atoms with Gasteiger partial charge in [0.05, 0.1) is 23.7 Å². The lowest BCUT2D eigenvalue weighted by Crippen LogP contribution is -2.21. The van der Waals surface area contributed by atoms with Crippen LogP contribution in [0.5, 0.6) is 0 Å². The first kappa shape index (κ1) is 9.06. The topological polar surface area (TPSA) is 53.1 Å². The Hall–Kier alpha value is -1.03. The zero-order chi connectivity index (χ0) is 9.19. The molecule has 0 aromatic carbocycles. The highest BCUT2D eigenvalue weighted by atomic mass is 16.5. The van der Waals surface area contributed by atoms with Crippen molar-refractivity contribution < 1.29 is 4.74 Å². The molecule has 0 fully saturated rings. The Balaban J connectivity index is 2.44. The Morgan fingerprint density at radius 2 is 2.25 bits per heavy atom. The molecule has 2 N–H and O–H groups in total. The molecule has 1 aromatic heterocycles. The molecule has 0 radical (unpaired) electrons. The molecule has 0 aliphatic carbocycles. The van der Waals surface area contributed by atoms with E-state index in [1.54, 1.807) is 17.1 Å². The van der Waals surface area contributed by atoms with Crippen molar-refractivity contribution in [2.45, 2.75) is 33.1 Å². The van der Waals surface area contributed by atoms with E-state index in [9.17, 15) is 0 Å². The van der Waals surface area contributed by atoms with Crippen molar-refractivity contribution in [2.24, 2.45) is 0 Å². The molecular formula is C8H15N3O. The average molecular weight is 169 g/mol. The van der Waals surface area contributed by atoms with Crippen LogP contribution in [0.3, 0.4) is 0 Å². The number of nitrogens with zero attached hydrogens (tertiary/aromatic N) is 2. The van der Waals surface area contributed by atoms with Crippen LogP contribution in [0.1, 0.15) is 20.8 Å². The zero-order valence-electron chi connectivity index (χ0n) is 7.74. The molecule has 0 saturated heterocycles. The summed E-state index contributed by atoms with van der Waals surface area (Å²) in [5.41, 5.74) is 6.00. The van der Waals surface area contributed by atoms with Gasteiger partial charge in [0.15, 0.2) is 0 Å². The first-order valence-electron chi connectivity index (χ1n) is 3.89. The second kappa shape index (κ2) is 3.15. The first-order chi connectivity index (χ1) is 5.47. The number of ether oxygens (including phenoxy) is 1. The number of hydrogen-bond donors (Lipinski definition) is 1. The highest BCUT2D eigenvalue weighted by Gasteiger charge is 2.09.